The number of hydrogen-bond donors (Lipinski definition) is 0. The number of aryl methyl sites for hydroxylation is 1. The largest absolute Gasteiger partial charge is 0.268 e. The minimum atomic E-state index is -0.288. The first kappa shape index (κ1) is 13.5. The van der Waals surface area contributed by atoms with Gasteiger partial charge in [-0.3, -0.25) is 9.59 Å². The van der Waals surface area contributed by atoms with Crippen molar-refractivity contribution in [2.24, 2.45) is 0 Å². The van der Waals surface area contributed by atoms with E-state index in [4.69, 9.17) is 0 Å². The summed E-state index contributed by atoms with van der Waals surface area (Å²) in [6.45, 7) is 1.92. The fourth-order valence-corrected chi connectivity index (χ4v) is 3.25. The quantitative estimate of drug-likeness (QED) is 0.675. The van der Waals surface area contributed by atoms with Crippen LogP contribution >= 0.6 is 31.9 Å². The molecule has 1 heterocycles. The standard InChI is InChI=1S/C15H9Br2NO2/c1-8-4-10(17)6-11(5-8)18-14(19)12-3-2-9(16)7-13(12)15(18)20/h2-7H,1H3. The summed E-state index contributed by atoms with van der Waals surface area (Å²) >= 11 is 6.71. The fraction of sp³-hybridized carbons (Fsp3) is 0.0667. The monoisotopic (exact) mass is 393 g/mol. The van der Waals surface area contributed by atoms with Crippen molar-refractivity contribution in [2.75, 3.05) is 4.90 Å². The van der Waals surface area contributed by atoms with Gasteiger partial charge in [0.2, 0.25) is 0 Å². The first-order valence-electron chi connectivity index (χ1n) is 5.93. The Morgan fingerprint density at radius 3 is 2.25 bits per heavy atom. The van der Waals surface area contributed by atoms with Crippen LogP contribution in [0.15, 0.2) is 45.3 Å². The van der Waals surface area contributed by atoms with Gasteiger partial charge in [0.15, 0.2) is 0 Å². The molecule has 3 rings (SSSR count). The molecule has 0 N–H and O–H groups in total. The molecule has 2 aromatic rings. The third-order valence-corrected chi connectivity index (χ3v) is 4.08. The maximum Gasteiger partial charge on any atom is 0.266 e. The lowest BCUT2D eigenvalue weighted by atomic mass is 10.1. The number of carbonyl (C=O) groups excluding carboxylic acids is 2. The van der Waals surface area contributed by atoms with E-state index in [1.165, 1.54) is 4.90 Å². The average Bonchev–Trinajstić information content (AvgIpc) is 2.60. The molecule has 2 amide bonds. The van der Waals surface area contributed by atoms with E-state index in [1.54, 1.807) is 24.3 Å². The van der Waals surface area contributed by atoms with Gasteiger partial charge >= 0.3 is 0 Å². The van der Waals surface area contributed by atoms with E-state index in [1.807, 2.05) is 19.1 Å². The predicted molar refractivity (Wildman–Crippen MR) is 84.2 cm³/mol. The minimum Gasteiger partial charge on any atom is -0.268 e. The Bertz CT molecular complexity index is 735. The van der Waals surface area contributed by atoms with Crippen LogP contribution in [0.1, 0.15) is 26.3 Å². The summed E-state index contributed by atoms with van der Waals surface area (Å²) in [6.07, 6.45) is 0. The molecule has 20 heavy (non-hydrogen) atoms. The molecule has 1 aliphatic heterocycles. The molecular weight excluding hydrogens is 386 g/mol. The van der Waals surface area contributed by atoms with Gasteiger partial charge in [-0.15, -0.1) is 0 Å². The van der Waals surface area contributed by atoms with Gasteiger partial charge in [-0.25, -0.2) is 4.90 Å². The molecule has 0 spiro atoms. The van der Waals surface area contributed by atoms with Crippen LogP contribution in [0.4, 0.5) is 5.69 Å². The minimum absolute atomic E-state index is 0.282. The molecule has 1 aliphatic rings. The molecule has 5 heteroatoms. The van der Waals surface area contributed by atoms with Gasteiger partial charge in [0.05, 0.1) is 16.8 Å². The van der Waals surface area contributed by atoms with Gasteiger partial charge in [-0.05, 0) is 48.9 Å². The zero-order chi connectivity index (χ0) is 14.4. The maximum absolute atomic E-state index is 12.5. The number of benzene rings is 2. The van der Waals surface area contributed by atoms with E-state index in [0.717, 1.165) is 14.5 Å². The van der Waals surface area contributed by atoms with Crippen molar-refractivity contribution in [3.8, 4) is 0 Å². The number of amides is 2. The Hall–Kier alpha value is -1.46. The van der Waals surface area contributed by atoms with E-state index in [9.17, 15) is 9.59 Å². The number of hydrogen-bond acceptors (Lipinski definition) is 2. The topological polar surface area (TPSA) is 37.4 Å². The van der Waals surface area contributed by atoms with Crippen LogP contribution in [-0.2, 0) is 0 Å². The first-order valence-corrected chi connectivity index (χ1v) is 7.51. The van der Waals surface area contributed by atoms with E-state index in [0.29, 0.717) is 16.8 Å². The summed E-state index contributed by atoms with van der Waals surface area (Å²) in [7, 11) is 0. The van der Waals surface area contributed by atoms with Crippen LogP contribution in [0.25, 0.3) is 0 Å². The van der Waals surface area contributed by atoms with Gasteiger partial charge in [0.1, 0.15) is 0 Å². The molecule has 0 bridgehead atoms. The highest BCUT2D eigenvalue weighted by Crippen LogP contribution is 2.32. The molecular formula is C15H9Br2NO2. The molecule has 0 saturated heterocycles. The van der Waals surface area contributed by atoms with Crippen LogP contribution in [0, 0.1) is 6.92 Å². The van der Waals surface area contributed by atoms with Crippen LogP contribution in [0.5, 0.6) is 0 Å². The second-order valence-corrected chi connectivity index (χ2v) is 6.45. The molecule has 0 aromatic heterocycles. The third kappa shape index (κ3) is 2.11. The van der Waals surface area contributed by atoms with Crippen molar-refractivity contribution in [3.63, 3.8) is 0 Å². The van der Waals surface area contributed by atoms with Gasteiger partial charge in [0.25, 0.3) is 11.8 Å². The second-order valence-electron chi connectivity index (χ2n) is 4.62. The fourth-order valence-electron chi connectivity index (χ4n) is 2.29. The van der Waals surface area contributed by atoms with Crippen LogP contribution in [0.2, 0.25) is 0 Å². The van der Waals surface area contributed by atoms with E-state index in [-0.39, 0.29) is 11.8 Å². The van der Waals surface area contributed by atoms with Crippen molar-refractivity contribution in [3.05, 3.63) is 62.0 Å². The van der Waals surface area contributed by atoms with Crippen molar-refractivity contribution in [1.82, 2.24) is 0 Å². The Balaban J connectivity index is 2.14. The number of imide groups is 1. The molecule has 100 valence electrons. The summed E-state index contributed by atoms with van der Waals surface area (Å²) < 4.78 is 1.62. The zero-order valence-corrected chi connectivity index (χ0v) is 13.7. The second kappa shape index (κ2) is 4.82. The van der Waals surface area contributed by atoms with Crippen molar-refractivity contribution in [1.29, 1.82) is 0 Å². The number of anilines is 1. The summed E-state index contributed by atoms with van der Waals surface area (Å²) in [5, 5.41) is 0. The Kier molecular flexibility index (Phi) is 3.26. The maximum atomic E-state index is 12.5. The first-order chi connectivity index (χ1) is 9.47. The summed E-state index contributed by atoms with van der Waals surface area (Å²) in [5.74, 6) is -0.571. The number of carbonyl (C=O) groups is 2. The average molecular weight is 395 g/mol. The number of rotatable bonds is 1. The van der Waals surface area contributed by atoms with E-state index in [2.05, 4.69) is 31.9 Å². The predicted octanol–water partition coefficient (Wildman–Crippen LogP) is 4.32. The van der Waals surface area contributed by atoms with Crippen LogP contribution in [-0.4, -0.2) is 11.8 Å². The van der Waals surface area contributed by atoms with Gasteiger partial charge < -0.3 is 0 Å². The van der Waals surface area contributed by atoms with Crippen LogP contribution < -0.4 is 4.90 Å². The smallest absolute Gasteiger partial charge is 0.266 e. The highest BCUT2D eigenvalue weighted by atomic mass is 79.9. The van der Waals surface area contributed by atoms with E-state index < -0.39 is 0 Å². The number of nitrogens with zero attached hydrogens (tertiary/aromatic N) is 1. The van der Waals surface area contributed by atoms with Gasteiger partial charge in [-0.2, -0.15) is 0 Å². The van der Waals surface area contributed by atoms with Gasteiger partial charge in [-0.1, -0.05) is 31.9 Å². The number of halogens is 2. The lowest BCUT2D eigenvalue weighted by molar-refractivity contribution is 0.0926. The Labute approximate surface area is 132 Å². The lowest BCUT2D eigenvalue weighted by Gasteiger charge is -2.15. The third-order valence-electron chi connectivity index (χ3n) is 3.13. The molecule has 0 saturated carbocycles. The van der Waals surface area contributed by atoms with E-state index >= 15 is 0 Å². The molecule has 0 radical (unpaired) electrons. The summed E-state index contributed by atoms with van der Waals surface area (Å²) in [4.78, 5) is 26.1. The zero-order valence-electron chi connectivity index (χ0n) is 10.5. The Morgan fingerprint density at radius 2 is 1.55 bits per heavy atom. The van der Waals surface area contributed by atoms with Crippen molar-refractivity contribution < 1.29 is 9.59 Å². The highest BCUT2D eigenvalue weighted by molar-refractivity contribution is 9.10. The molecule has 2 aromatic carbocycles. The molecule has 0 fully saturated rings. The summed E-state index contributed by atoms with van der Waals surface area (Å²) in [5.41, 5.74) is 2.43. The lowest BCUT2D eigenvalue weighted by Crippen LogP contribution is -2.29. The van der Waals surface area contributed by atoms with Crippen molar-refractivity contribution >= 4 is 49.4 Å². The van der Waals surface area contributed by atoms with Gasteiger partial charge in [0, 0.05) is 8.95 Å². The SMILES string of the molecule is Cc1cc(Br)cc(N2C(=O)c3ccc(Br)cc3C2=O)c1. The molecule has 0 atom stereocenters. The normalized spacial score (nSPS) is 13.8. The van der Waals surface area contributed by atoms with Crippen LogP contribution in [0.3, 0.4) is 0 Å². The molecule has 0 unspecified atom stereocenters. The Morgan fingerprint density at radius 1 is 0.850 bits per heavy atom. The number of fused-ring (bicyclic) bond motifs is 1. The van der Waals surface area contributed by atoms with Crippen molar-refractivity contribution in [2.45, 2.75) is 6.92 Å². The summed E-state index contributed by atoms with van der Waals surface area (Å²) in [6, 6.07) is 10.6. The molecule has 3 nitrogen and oxygen atoms in total. The molecule has 0 aliphatic carbocycles. The highest BCUT2D eigenvalue weighted by Gasteiger charge is 2.36.